The summed E-state index contributed by atoms with van der Waals surface area (Å²) in [5, 5.41) is 6.13. The van der Waals surface area contributed by atoms with Crippen LogP contribution in [0.2, 0.25) is 0 Å². The van der Waals surface area contributed by atoms with Crippen molar-refractivity contribution in [3.8, 4) is 5.95 Å². The molecule has 9 heteroatoms. The fraction of sp³-hybridized carbons (Fsp3) is 0.214. The maximum Gasteiger partial charge on any atom is 0.272 e. The van der Waals surface area contributed by atoms with Crippen LogP contribution in [0.4, 0.5) is 5.82 Å². The van der Waals surface area contributed by atoms with Gasteiger partial charge in [-0.05, 0) is 23.4 Å². The molecule has 7 nitrogen and oxygen atoms in total. The Labute approximate surface area is 138 Å². The minimum absolute atomic E-state index is 0.143. The van der Waals surface area contributed by atoms with Crippen LogP contribution in [0.5, 0.6) is 0 Å². The second-order valence-corrected chi connectivity index (χ2v) is 7.96. The summed E-state index contributed by atoms with van der Waals surface area (Å²) in [7, 11) is -3.66. The molecule has 23 heavy (non-hydrogen) atoms. The topological polar surface area (TPSA) is 89.8 Å². The maximum atomic E-state index is 12.4. The van der Waals surface area contributed by atoms with E-state index in [1.807, 2.05) is 13.8 Å². The average molecular weight is 349 g/mol. The number of anilines is 1. The van der Waals surface area contributed by atoms with Crippen molar-refractivity contribution in [3.63, 3.8) is 0 Å². The van der Waals surface area contributed by atoms with Crippen LogP contribution >= 0.6 is 11.3 Å². The van der Waals surface area contributed by atoms with E-state index >= 15 is 0 Å². The summed E-state index contributed by atoms with van der Waals surface area (Å²) in [6.45, 7) is 3.96. The van der Waals surface area contributed by atoms with Crippen LogP contribution in [0, 0.1) is 0 Å². The van der Waals surface area contributed by atoms with Crippen molar-refractivity contribution in [2.24, 2.45) is 0 Å². The minimum atomic E-state index is -3.66. The largest absolute Gasteiger partial charge is 0.272 e. The Morgan fingerprint density at radius 1 is 1.22 bits per heavy atom. The molecule has 1 N–H and O–H groups in total. The number of sulfonamides is 1. The van der Waals surface area contributed by atoms with Crippen molar-refractivity contribution >= 4 is 27.2 Å². The molecule has 3 aromatic rings. The van der Waals surface area contributed by atoms with E-state index in [9.17, 15) is 8.42 Å². The quantitative estimate of drug-likeness (QED) is 0.765. The fourth-order valence-electron chi connectivity index (χ4n) is 1.91. The predicted octanol–water partition coefficient (Wildman–Crippen LogP) is 2.65. The molecule has 0 atom stereocenters. The fourth-order valence-corrected chi connectivity index (χ4v) is 3.94. The number of rotatable bonds is 5. The Morgan fingerprint density at radius 3 is 2.57 bits per heavy atom. The van der Waals surface area contributed by atoms with E-state index in [1.54, 1.807) is 42.0 Å². The summed E-state index contributed by atoms with van der Waals surface area (Å²) < 4.78 is 29.1. The number of hydrogen-bond donors (Lipinski definition) is 1. The molecule has 0 aliphatic rings. The zero-order chi connectivity index (χ0) is 16.4. The van der Waals surface area contributed by atoms with E-state index in [1.165, 1.54) is 4.68 Å². The van der Waals surface area contributed by atoms with Gasteiger partial charge in [0.25, 0.3) is 16.0 Å². The van der Waals surface area contributed by atoms with Gasteiger partial charge in [0.2, 0.25) is 0 Å². The normalized spacial score (nSPS) is 11.8. The van der Waals surface area contributed by atoms with Crippen molar-refractivity contribution in [1.82, 2.24) is 19.7 Å². The van der Waals surface area contributed by atoms with E-state index in [0.29, 0.717) is 11.8 Å². The van der Waals surface area contributed by atoms with E-state index in [2.05, 4.69) is 19.8 Å². The van der Waals surface area contributed by atoms with Gasteiger partial charge in [0.15, 0.2) is 0 Å². The van der Waals surface area contributed by atoms with E-state index < -0.39 is 10.0 Å². The molecule has 0 aliphatic carbocycles. The lowest BCUT2D eigenvalue weighted by Crippen LogP contribution is -2.15. The summed E-state index contributed by atoms with van der Waals surface area (Å²) in [6.07, 6.45) is 3.16. The zero-order valence-electron chi connectivity index (χ0n) is 12.5. The van der Waals surface area contributed by atoms with Gasteiger partial charge in [-0.15, -0.1) is 11.3 Å². The zero-order valence-corrected chi connectivity index (χ0v) is 14.2. The van der Waals surface area contributed by atoms with Crippen LogP contribution < -0.4 is 4.72 Å². The van der Waals surface area contributed by atoms with E-state index in [-0.39, 0.29) is 10.1 Å². The molecule has 3 aromatic heterocycles. The first kappa shape index (κ1) is 15.6. The second-order valence-electron chi connectivity index (χ2n) is 5.11. The maximum absolute atomic E-state index is 12.4. The Morgan fingerprint density at radius 2 is 1.96 bits per heavy atom. The third-order valence-corrected chi connectivity index (χ3v) is 5.81. The smallest absolute Gasteiger partial charge is 0.262 e. The molecule has 120 valence electrons. The Kier molecular flexibility index (Phi) is 4.14. The molecule has 0 spiro atoms. The van der Waals surface area contributed by atoms with E-state index in [4.69, 9.17) is 0 Å². The number of hydrogen-bond acceptors (Lipinski definition) is 6. The van der Waals surface area contributed by atoms with Crippen LogP contribution in [0.15, 0.2) is 46.2 Å². The highest BCUT2D eigenvalue weighted by molar-refractivity contribution is 7.94. The van der Waals surface area contributed by atoms with Crippen LogP contribution in [-0.4, -0.2) is 28.2 Å². The summed E-state index contributed by atoms with van der Waals surface area (Å²) in [4.78, 5) is 8.26. The van der Waals surface area contributed by atoms with Crippen LogP contribution in [0.1, 0.15) is 25.5 Å². The monoisotopic (exact) mass is 349 g/mol. The third-order valence-electron chi connectivity index (χ3n) is 3.06. The Balaban J connectivity index is 2.05. The molecule has 0 amide bonds. The van der Waals surface area contributed by atoms with Gasteiger partial charge in [-0.25, -0.2) is 18.4 Å². The lowest BCUT2D eigenvalue weighted by atomic mass is 10.1. The molecule has 0 saturated heterocycles. The molecule has 0 aromatic carbocycles. The summed E-state index contributed by atoms with van der Waals surface area (Å²) in [6, 6.07) is 6.63. The summed E-state index contributed by atoms with van der Waals surface area (Å²) in [5.74, 6) is 0.765. The molecule has 3 heterocycles. The molecule has 0 saturated carbocycles. The van der Waals surface area contributed by atoms with Gasteiger partial charge in [0, 0.05) is 18.5 Å². The predicted molar refractivity (Wildman–Crippen MR) is 88.4 cm³/mol. The molecular weight excluding hydrogens is 334 g/mol. The van der Waals surface area contributed by atoms with Gasteiger partial charge >= 0.3 is 0 Å². The first-order valence-corrected chi connectivity index (χ1v) is 9.27. The first-order valence-electron chi connectivity index (χ1n) is 6.91. The molecule has 0 radical (unpaired) electrons. The number of nitrogens with zero attached hydrogens (tertiary/aromatic N) is 4. The molecule has 3 rings (SSSR count). The SMILES string of the molecule is CC(C)c1cc(NS(=O)(=O)c2cccs2)n(-c2ncccn2)n1. The minimum Gasteiger partial charge on any atom is -0.262 e. The van der Waals surface area contributed by atoms with Gasteiger partial charge in [-0.1, -0.05) is 19.9 Å². The number of thiophene rings is 1. The van der Waals surface area contributed by atoms with Crippen molar-refractivity contribution in [1.29, 1.82) is 0 Å². The van der Waals surface area contributed by atoms with Crippen molar-refractivity contribution in [2.75, 3.05) is 4.72 Å². The molecule has 0 aliphatic heterocycles. The summed E-state index contributed by atoms with van der Waals surface area (Å²) >= 11 is 1.15. The number of aromatic nitrogens is 4. The highest BCUT2D eigenvalue weighted by Gasteiger charge is 2.21. The Hall–Kier alpha value is -2.26. The van der Waals surface area contributed by atoms with Crippen LogP contribution in [-0.2, 0) is 10.0 Å². The van der Waals surface area contributed by atoms with Gasteiger partial charge < -0.3 is 0 Å². The number of nitrogens with one attached hydrogen (secondary N) is 1. The highest BCUT2D eigenvalue weighted by Crippen LogP contribution is 2.24. The second kappa shape index (κ2) is 6.09. The third kappa shape index (κ3) is 3.25. The average Bonchev–Trinajstić information content (AvgIpc) is 3.17. The van der Waals surface area contributed by atoms with Crippen LogP contribution in [0.25, 0.3) is 5.95 Å². The summed E-state index contributed by atoms with van der Waals surface area (Å²) in [5.41, 5.74) is 0.751. The van der Waals surface area contributed by atoms with Gasteiger partial charge in [-0.3, -0.25) is 4.72 Å². The van der Waals surface area contributed by atoms with Gasteiger partial charge in [0.05, 0.1) is 5.69 Å². The Bertz CT molecular complexity index is 887. The lowest BCUT2D eigenvalue weighted by molar-refractivity contribution is 0.602. The standard InChI is InChI=1S/C14H15N5O2S2/c1-10(2)11-9-12(18-23(20,21)13-5-3-8-22-13)19(17-11)14-15-6-4-7-16-14/h3-10,18H,1-2H3. The molecular formula is C14H15N5O2S2. The van der Waals surface area contributed by atoms with Crippen molar-refractivity contribution < 1.29 is 8.42 Å². The van der Waals surface area contributed by atoms with Crippen LogP contribution in [0.3, 0.4) is 0 Å². The highest BCUT2D eigenvalue weighted by atomic mass is 32.2. The van der Waals surface area contributed by atoms with Gasteiger partial charge in [0.1, 0.15) is 10.0 Å². The lowest BCUT2D eigenvalue weighted by Gasteiger charge is -2.07. The molecule has 0 bridgehead atoms. The first-order chi connectivity index (χ1) is 11.0. The van der Waals surface area contributed by atoms with Crippen molar-refractivity contribution in [3.05, 3.63) is 47.7 Å². The van der Waals surface area contributed by atoms with Crippen molar-refractivity contribution in [2.45, 2.75) is 24.0 Å². The molecule has 0 fully saturated rings. The van der Waals surface area contributed by atoms with Gasteiger partial charge in [-0.2, -0.15) is 9.78 Å². The molecule has 0 unspecified atom stereocenters. The van der Waals surface area contributed by atoms with E-state index in [0.717, 1.165) is 17.0 Å².